The first-order valence-corrected chi connectivity index (χ1v) is 6.47. The molecule has 1 saturated carbocycles. The van der Waals surface area contributed by atoms with Crippen LogP contribution in [0, 0.1) is 0 Å². The van der Waals surface area contributed by atoms with Gasteiger partial charge in [-0.2, -0.15) is 0 Å². The molecule has 86 valence electrons. The average Bonchev–Trinajstić information content (AvgIpc) is 2.17. The zero-order valence-corrected chi connectivity index (χ0v) is 9.38. The fraction of sp³-hybridized carbons (Fsp3) is 0.778. The van der Waals surface area contributed by atoms with Crippen LogP contribution in [0.25, 0.3) is 0 Å². The Morgan fingerprint density at radius 3 is 2.73 bits per heavy atom. The Hall–Kier alpha value is -0.910. The van der Waals surface area contributed by atoms with E-state index in [0.29, 0.717) is 19.3 Å². The number of carbonyl (C=O) groups is 2. The van der Waals surface area contributed by atoms with Gasteiger partial charge in [0.1, 0.15) is 11.5 Å². The number of methoxy groups -OCH3 is 1. The second-order valence-corrected chi connectivity index (χ2v) is 5.92. The number of Topliss-reactive ketones (excluding diaryl/α,β-unsaturated/α-hetero) is 1. The molecule has 0 amide bonds. The monoisotopic (exact) mass is 234 g/mol. The van der Waals surface area contributed by atoms with Crippen LogP contribution in [-0.4, -0.2) is 38.3 Å². The lowest BCUT2D eigenvalue weighted by molar-refractivity contribution is -0.137. The molecule has 0 N–H and O–H groups in total. The molecule has 0 aromatic heterocycles. The van der Waals surface area contributed by atoms with Crippen LogP contribution in [0.3, 0.4) is 0 Å². The van der Waals surface area contributed by atoms with Crippen molar-refractivity contribution in [1.82, 2.24) is 0 Å². The SMILES string of the molecule is COC(=O)CS(=O)(=O)C1CCCC(=O)C1. The van der Waals surface area contributed by atoms with Gasteiger partial charge in [0.25, 0.3) is 0 Å². The van der Waals surface area contributed by atoms with Crippen LogP contribution >= 0.6 is 0 Å². The summed E-state index contributed by atoms with van der Waals surface area (Å²) in [6.45, 7) is 0. The van der Waals surface area contributed by atoms with Gasteiger partial charge >= 0.3 is 5.97 Å². The summed E-state index contributed by atoms with van der Waals surface area (Å²) in [7, 11) is -2.38. The maximum atomic E-state index is 11.6. The van der Waals surface area contributed by atoms with Crippen molar-refractivity contribution < 1.29 is 22.7 Å². The fourth-order valence-corrected chi connectivity index (χ4v) is 3.28. The predicted octanol–water partition coefficient (Wildman–Crippen LogP) is 0.0859. The van der Waals surface area contributed by atoms with Gasteiger partial charge in [-0.05, 0) is 12.8 Å². The molecule has 15 heavy (non-hydrogen) atoms. The van der Waals surface area contributed by atoms with E-state index in [1.165, 1.54) is 0 Å². The predicted molar refractivity (Wildman–Crippen MR) is 53.1 cm³/mol. The molecule has 0 heterocycles. The van der Waals surface area contributed by atoms with E-state index in [2.05, 4.69) is 4.74 Å². The molecule has 5 nitrogen and oxygen atoms in total. The first kappa shape index (κ1) is 12.2. The van der Waals surface area contributed by atoms with E-state index in [9.17, 15) is 18.0 Å². The molecule has 0 radical (unpaired) electrons. The van der Waals surface area contributed by atoms with Crippen LogP contribution in [0.1, 0.15) is 25.7 Å². The summed E-state index contributed by atoms with van der Waals surface area (Å²) >= 11 is 0. The summed E-state index contributed by atoms with van der Waals surface area (Å²) in [5, 5.41) is -0.696. The van der Waals surface area contributed by atoms with Gasteiger partial charge in [-0.3, -0.25) is 9.59 Å². The zero-order valence-electron chi connectivity index (χ0n) is 8.56. The zero-order chi connectivity index (χ0) is 11.5. The quantitative estimate of drug-likeness (QED) is 0.646. The van der Waals surface area contributed by atoms with Gasteiger partial charge in [-0.15, -0.1) is 0 Å². The topological polar surface area (TPSA) is 77.5 Å². The number of rotatable bonds is 3. The highest BCUT2D eigenvalue weighted by molar-refractivity contribution is 7.92. The van der Waals surface area contributed by atoms with Gasteiger partial charge < -0.3 is 4.74 Å². The summed E-state index contributed by atoms with van der Waals surface area (Å²) in [6, 6.07) is 0. The van der Waals surface area contributed by atoms with E-state index in [0.717, 1.165) is 7.11 Å². The number of carbonyl (C=O) groups excluding carboxylic acids is 2. The Labute approximate surface area is 88.7 Å². The number of hydrogen-bond donors (Lipinski definition) is 0. The number of hydrogen-bond acceptors (Lipinski definition) is 5. The lowest BCUT2D eigenvalue weighted by Gasteiger charge is -2.20. The van der Waals surface area contributed by atoms with Gasteiger partial charge in [0.2, 0.25) is 0 Å². The molecule has 1 rings (SSSR count). The molecule has 6 heteroatoms. The standard InChI is InChI=1S/C9H14O5S/c1-14-9(11)6-15(12,13)8-4-2-3-7(10)5-8/h8H,2-6H2,1H3. The normalized spacial score (nSPS) is 22.5. The number of sulfone groups is 1. The number of ketones is 1. The summed E-state index contributed by atoms with van der Waals surface area (Å²) < 4.78 is 27.6. The molecule has 0 saturated heterocycles. The lowest BCUT2D eigenvalue weighted by Crippen LogP contribution is -2.33. The summed E-state index contributed by atoms with van der Waals surface area (Å²) in [5.41, 5.74) is 0. The van der Waals surface area contributed by atoms with E-state index in [1.807, 2.05) is 0 Å². The third kappa shape index (κ3) is 3.30. The summed E-state index contributed by atoms with van der Waals surface area (Å²) in [4.78, 5) is 22.0. The van der Waals surface area contributed by atoms with E-state index in [1.54, 1.807) is 0 Å². The summed E-state index contributed by atoms with van der Waals surface area (Å²) in [5.74, 6) is -1.44. The van der Waals surface area contributed by atoms with E-state index in [-0.39, 0.29) is 12.2 Å². The molecule has 1 fully saturated rings. The highest BCUT2D eigenvalue weighted by Crippen LogP contribution is 2.22. The van der Waals surface area contributed by atoms with Gasteiger partial charge in [0, 0.05) is 12.8 Å². The van der Waals surface area contributed by atoms with Gasteiger partial charge in [-0.25, -0.2) is 8.42 Å². The molecule has 0 aromatic carbocycles. The highest BCUT2D eigenvalue weighted by atomic mass is 32.2. The minimum atomic E-state index is -3.52. The molecular weight excluding hydrogens is 220 g/mol. The average molecular weight is 234 g/mol. The number of esters is 1. The van der Waals surface area contributed by atoms with Crippen molar-refractivity contribution in [3.8, 4) is 0 Å². The van der Waals surface area contributed by atoms with Crippen molar-refractivity contribution in [3.63, 3.8) is 0 Å². The van der Waals surface area contributed by atoms with E-state index >= 15 is 0 Å². The van der Waals surface area contributed by atoms with Crippen LogP contribution in [0.15, 0.2) is 0 Å². The molecule has 0 bridgehead atoms. The minimum absolute atomic E-state index is 0.0410. The largest absolute Gasteiger partial charge is 0.468 e. The van der Waals surface area contributed by atoms with E-state index in [4.69, 9.17) is 0 Å². The molecule has 1 atom stereocenters. The Balaban J connectivity index is 2.68. The van der Waals surface area contributed by atoms with Crippen LogP contribution < -0.4 is 0 Å². The van der Waals surface area contributed by atoms with Gasteiger partial charge in [0.15, 0.2) is 9.84 Å². The first-order chi connectivity index (χ1) is 6.95. The smallest absolute Gasteiger partial charge is 0.320 e. The van der Waals surface area contributed by atoms with Gasteiger partial charge in [0.05, 0.1) is 12.4 Å². The Morgan fingerprint density at radius 1 is 1.53 bits per heavy atom. The van der Waals surface area contributed by atoms with Gasteiger partial charge in [-0.1, -0.05) is 0 Å². The van der Waals surface area contributed by atoms with Crippen molar-refractivity contribution in [1.29, 1.82) is 0 Å². The molecule has 1 unspecified atom stereocenters. The van der Waals surface area contributed by atoms with Crippen molar-refractivity contribution in [2.45, 2.75) is 30.9 Å². The second-order valence-electron chi connectivity index (χ2n) is 3.64. The fourth-order valence-electron chi connectivity index (χ4n) is 1.63. The number of ether oxygens (including phenoxy) is 1. The highest BCUT2D eigenvalue weighted by Gasteiger charge is 2.32. The first-order valence-electron chi connectivity index (χ1n) is 4.76. The third-order valence-electron chi connectivity index (χ3n) is 2.49. The third-order valence-corrected chi connectivity index (χ3v) is 4.55. The van der Waals surface area contributed by atoms with Crippen molar-refractivity contribution in [2.24, 2.45) is 0 Å². The minimum Gasteiger partial charge on any atom is -0.468 e. The molecular formula is C9H14O5S. The summed E-state index contributed by atoms with van der Waals surface area (Å²) in [6.07, 6.45) is 1.54. The Bertz CT molecular complexity index is 357. The molecule has 1 aliphatic carbocycles. The van der Waals surface area contributed by atoms with Crippen LogP contribution in [0.2, 0.25) is 0 Å². The molecule has 0 spiro atoms. The molecule has 0 aromatic rings. The maximum absolute atomic E-state index is 11.6. The maximum Gasteiger partial charge on any atom is 0.320 e. The van der Waals surface area contributed by atoms with E-state index < -0.39 is 26.8 Å². The lowest BCUT2D eigenvalue weighted by atomic mass is 9.99. The van der Waals surface area contributed by atoms with Crippen LogP contribution in [0.4, 0.5) is 0 Å². The second kappa shape index (κ2) is 4.74. The van der Waals surface area contributed by atoms with Crippen molar-refractivity contribution in [3.05, 3.63) is 0 Å². The van der Waals surface area contributed by atoms with Crippen LogP contribution in [0.5, 0.6) is 0 Å². The van der Waals surface area contributed by atoms with Crippen molar-refractivity contribution >= 4 is 21.6 Å². The van der Waals surface area contributed by atoms with Crippen LogP contribution in [-0.2, 0) is 24.2 Å². The Morgan fingerprint density at radius 2 is 2.20 bits per heavy atom. The molecule has 0 aliphatic heterocycles. The molecule has 1 aliphatic rings. The Kier molecular flexibility index (Phi) is 3.84. The van der Waals surface area contributed by atoms with Crippen molar-refractivity contribution in [2.75, 3.05) is 12.9 Å².